The standard InChI is InChI=1S/C20H17NO3S2/c1-14(24-20(23)15-11-12-25-13-15)19(22)21-17-9-5-6-10-18(17)26-16-7-3-2-4-8-16/h2-14H,1H3,(H,21,22)/t14-/m0/s1. The van der Waals surface area contributed by atoms with E-state index >= 15 is 0 Å². The van der Waals surface area contributed by atoms with Gasteiger partial charge in [-0.1, -0.05) is 42.1 Å². The maximum Gasteiger partial charge on any atom is 0.339 e. The fourth-order valence-electron chi connectivity index (χ4n) is 2.17. The minimum absolute atomic E-state index is 0.366. The number of hydrogen-bond donors (Lipinski definition) is 1. The van der Waals surface area contributed by atoms with E-state index in [0.29, 0.717) is 11.3 Å². The van der Waals surface area contributed by atoms with Crippen LogP contribution in [0, 0.1) is 0 Å². The highest BCUT2D eigenvalue weighted by Crippen LogP contribution is 2.33. The third-order valence-corrected chi connectivity index (χ3v) is 5.29. The zero-order valence-electron chi connectivity index (χ0n) is 14.0. The van der Waals surface area contributed by atoms with Crippen molar-refractivity contribution in [1.82, 2.24) is 0 Å². The number of ether oxygens (including phenoxy) is 1. The smallest absolute Gasteiger partial charge is 0.339 e. The number of amides is 1. The Balaban J connectivity index is 1.66. The zero-order valence-corrected chi connectivity index (χ0v) is 15.7. The molecule has 0 aliphatic rings. The third kappa shape index (κ3) is 4.74. The Hall–Kier alpha value is -2.57. The Morgan fingerprint density at radius 2 is 1.77 bits per heavy atom. The van der Waals surface area contributed by atoms with Gasteiger partial charge in [0.25, 0.3) is 5.91 Å². The molecule has 0 bridgehead atoms. The highest BCUT2D eigenvalue weighted by Gasteiger charge is 2.20. The molecule has 3 aromatic rings. The second-order valence-corrected chi connectivity index (χ2v) is 7.36. The molecule has 1 N–H and O–H groups in total. The molecule has 0 fully saturated rings. The Morgan fingerprint density at radius 3 is 2.50 bits per heavy atom. The van der Waals surface area contributed by atoms with Gasteiger partial charge in [-0.05, 0) is 42.6 Å². The van der Waals surface area contributed by atoms with Crippen molar-refractivity contribution in [3.05, 3.63) is 77.0 Å². The normalized spacial score (nSPS) is 11.6. The van der Waals surface area contributed by atoms with Crippen molar-refractivity contribution in [1.29, 1.82) is 0 Å². The summed E-state index contributed by atoms with van der Waals surface area (Å²) in [7, 11) is 0. The lowest BCUT2D eigenvalue weighted by molar-refractivity contribution is -0.123. The van der Waals surface area contributed by atoms with Gasteiger partial charge in [-0.2, -0.15) is 11.3 Å². The molecular weight excluding hydrogens is 366 g/mol. The third-order valence-electron chi connectivity index (χ3n) is 3.53. The first-order valence-corrected chi connectivity index (χ1v) is 9.75. The van der Waals surface area contributed by atoms with Crippen molar-refractivity contribution in [3.63, 3.8) is 0 Å². The topological polar surface area (TPSA) is 55.4 Å². The molecule has 0 saturated carbocycles. The summed E-state index contributed by atoms with van der Waals surface area (Å²) in [5.74, 6) is -0.865. The van der Waals surface area contributed by atoms with Crippen LogP contribution in [0.2, 0.25) is 0 Å². The first-order chi connectivity index (χ1) is 12.6. The second kappa shape index (κ2) is 8.69. The molecule has 132 valence electrons. The molecule has 1 atom stereocenters. The number of anilines is 1. The molecule has 0 radical (unpaired) electrons. The molecular formula is C20H17NO3S2. The fourth-order valence-corrected chi connectivity index (χ4v) is 3.72. The van der Waals surface area contributed by atoms with Crippen LogP contribution in [0.15, 0.2) is 81.2 Å². The molecule has 2 aromatic carbocycles. The van der Waals surface area contributed by atoms with Crippen molar-refractivity contribution < 1.29 is 14.3 Å². The summed E-state index contributed by atoms with van der Waals surface area (Å²) in [6.07, 6.45) is -0.891. The van der Waals surface area contributed by atoms with E-state index in [1.54, 1.807) is 35.5 Å². The van der Waals surface area contributed by atoms with Crippen molar-refractivity contribution in [3.8, 4) is 0 Å². The van der Waals surface area contributed by atoms with Crippen molar-refractivity contribution in [2.45, 2.75) is 22.8 Å². The number of thiophene rings is 1. The highest BCUT2D eigenvalue weighted by molar-refractivity contribution is 7.99. The number of carbonyl (C=O) groups excluding carboxylic acids is 2. The van der Waals surface area contributed by atoms with Crippen LogP contribution < -0.4 is 5.32 Å². The summed E-state index contributed by atoms with van der Waals surface area (Å²) < 4.78 is 5.24. The second-order valence-electron chi connectivity index (χ2n) is 5.46. The average Bonchev–Trinajstić information content (AvgIpc) is 3.19. The molecule has 0 aliphatic heterocycles. The van der Waals surface area contributed by atoms with Crippen LogP contribution in [0.25, 0.3) is 0 Å². The number of carbonyl (C=O) groups is 2. The highest BCUT2D eigenvalue weighted by atomic mass is 32.2. The van der Waals surface area contributed by atoms with Crippen molar-refractivity contribution in [2.75, 3.05) is 5.32 Å². The van der Waals surface area contributed by atoms with Crippen LogP contribution in [0.4, 0.5) is 5.69 Å². The molecule has 1 heterocycles. The van der Waals surface area contributed by atoms with E-state index in [2.05, 4.69) is 5.32 Å². The maximum absolute atomic E-state index is 12.4. The van der Waals surface area contributed by atoms with Crippen LogP contribution in [-0.2, 0) is 9.53 Å². The van der Waals surface area contributed by atoms with E-state index in [0.717, 1.165) is 9.79 Å². The maximum atomic E-state index is 12.4. The molecule has 3 rings (SSSR count). The lowest BCUT2D eigenvalue weighted by atomic mass is 10.3. The first-order valence-electron chi connectivity index (χ1n) is 7.99. The summed E-state index contributed by atoms with van der Waals surface area (Å²) in [5.41, 5.74) is 1.14. The minimum atomic E-state index is -0.891. The van der Waals surface area contributed by atoms with Gasteiger partial charge in [0.05, 0.1) is 11.3 Å². The van der Waals surface area contributed by atoms with Crippen molar-refractivity contribution in [2.24, 2.45) is 0 Å². The molecule has 1 amide bonds. The van der Waals surface area contributed by atoms with E-state index in [4.69, 9.17) is 4.74 Å². The van der Waals surface area contributed by atoms with E-state index in [-0.39, 0.29) is 5.91 Å². The van der Waals surface area contributed by atoms with Gasteiger partial charge in [0.15, 0.2) is 6.10 Å². The van der Waals surface area contributed by atoms with E-state index < -0.39 is 12.1 Å². The van der Waals surface area contributed by atoms with Gasteiger partial charge in [0.1, 0.15) is 0 Å². The Morgan fingerprint density at radius 1 is 1.04 bits per heavy atom. The van der Waals surface area contributed by atoms with Crippen LogP contribution in [0.5, 0.6) is 0 Å². The zero-order chi connectivity index (χ0) is 18.4. The summed E-state index contributed by atoms with van der Waals surface area (Å²) in [6, 6.07) is 19.1. The quantitative estimate of drug-likeness (QED) is 0.603. The monoisotopic (exact) mass is 383 g/mol. The van der Waals surface area contributed by atoms with Gasteiger partial charge < -0.3 is 10.1 Å². The molecule has 0 saturated heterocycles. The van der Waals surface area contributed by atoms with Gasteiger partial charge in [0.2, 0.25) is 0 Å². The van der Waals surface area contributed by atoms with Crippen molar-refractivity contribution >= 4 is 40.7 Å². The summed E-state index contributed by atoms with van der Waals surface area (Å²) in [4.78, 5) is 26.4. The molecule has 0 unspecified atom stereocenters. The SMILES string of the molecule is C[C@H](OC(=O)c1ccsc1)C(=O)Nc1ccccc1Sc1ccccc1. The van der Waals surface area contributed by atoms with E-state index in [1.807, 2.05) is 54.6 Å². The summed E-state index contributed by atoms with van der Waals surface area (Å²) in [6.45, 7) is 1.56. The van der Waals surface area contributed by atoms with Crippen LogP contribution in [0.1, 0.15) is 17.3 Å². The number of hydrogen-bond acceptors (Lipinski definition) is 5. The molecule has 26 heavy (non-hydrogen) atoms. The lowest BCUT2D eigenvalue weighted by Crippen LogP contribution is -2.30. The minimum Gasteiger partial charge on any atom is -0.449 e. The predicted molar refractivity (Wildman–Crippen MR) is 105 cm³/mol. The molecule has 4 nitrogen and oxygen atoms in total. The fraction of sp³-hybridized carbons (Fsp3) is 0.100. The van der Waals surface area contributed by atoms with Gasteiger partial charge in [-0.3, -0.25) is 4.79 Å². The lowest BCUT2D eigenvalue weighted by Gasteiger charge is -2.15. The Labute approximate surface area is 160 Å². The van der Waals surface area contributed by atoms with Crippen LogP contribution >= 0.6 is 23.1 Å². The number of esters is 1. The van der Waals surface area contributed by atoms with Gasteiger partial charge in [-0.15, -0.1) is 0 Å². The Bertz CT molecular complexity index is 879. The molecule has 0 spiro atoms. The summed E-state index contributed by atoms with van der Waals surface area (Å²) >= 11 is 2.96. The number of para-hydroxylation sites is 1. The average molecular weight is 383 g/mol. The number of nitrogens with one attached hydrogen (secondary N) is 1. The predicted octanol–water partition coefficient (Wildman–Crippen LogP) is 5.08. The summed E-state index contributed by atoms with van der Waals surface area (Å²) in [5, 5.41) is 6.33. The van der Waals surface area contributed by atoms with Gasteiger partial charge in [0, 0.05) is 15.2 Å². The van der Waals surface area contributed by atoms with Gasteiger partial charge in [-0.25, -0.2) is 4.79 Å². The van der Waals surface area contributed by atoms with Crippen LogP contribution in [0.3, 0.4) is 0 Å². The van der Waals surface area contributed by atoms with Gasteiger partial charge >= 0.3 is 5.97 Å². The Kier molecular flexibility index (Phi) is 6.09. The van der Waals surface area contributed by atoms with Crippen LogP contribution in [-0.4, -0.2) is 18.0 Å². The van der Waals surface area contributed by atoms with E-state index in [9.17, 15) is 9.59 Å². The molecule has 1 aromatic heterocycles. The van der Waals surface area contributed by atoms with E-state index in [1.165, 1.54) is 11.3 Å². The molecule has 0 aliphatic carbocycles. The number of rotatable bonds is 6. The number of benzene rings is 2. The largest absolute Gasteiger partial charge is 0.449 e. The first kappa shape index (κ1) is 18.2. The molecule has 6 heteroatoms.